The van der Waals surface area contributed by atoms with Crippen molar-refractivity contribution in [1.82, 2.24) is 5.32 Å². The van der Waals surface area contributed by atoms with E-state index in [0.29, 0.717) is 11.5 Å². The summed E-state index contributed by atoms with van der Waals surface area (Å²) in [7, 11) is 0. The molecule has 13 heavy (non-hydrogen) atoms. The van der Waals surface area contributed by atoms with Crippen molar-refractivity contribution in [1.29, 1.82) is 0 Å². The van der Waals surface area contributed by atoms with E-state index in [1.807, 2.05) is 0 Å². The highest BCUT2D eigenvalue weighted by Gasteiger charge is 2.17. The first-order valence-corrected chi connectivity index (χ1v) is 4.74. The zero-order chi connectivity index (χ0) is 10.3. The van der Waals surface area contributed by atoms with Crippen LogP contribution in [0.3, 0.4) is 0 Å². The Hall–Kier alpha value is -1.15. The molecule has 0 saturated carbocycles. The Balaban J connectivity index is 3.89. The van der Waals surface area contributed by atoms with Gasteiger partial charge < -0.3 is 10.4 Å². The molecule has 0 rings (SSSR count). The second kappa shape index (κ2) is 6.38. The molecule has 0 aliphatic carbocycles. The van der Waals surface area contributed by atoms with Crippen molar-refractivity contribution in [3.8, 4) is 12.3 Å². The number of carbonyl (C=O) groups is 2. The summed E-state index contributed by atoms with van der Waals surface area (Å²) in [5.41, 5.74) is 0. The van der Waals surface area contributed by atoms with E-state index in [-0.39, 0.29) is 5.91 Å². The lowest BCUT2D eigenvalue weighted by atomic mass is 10.3. The van der Waals surface area contributed by atoms with E-state index >= 15 is 0 Å². The molecule has 72 valence electrons. The highest BCUT2D eigenvalue weighted by Crippen LogP contribution is 2.01. The lowest BCUT2D eigenvalue weighted by molar-refractivity contribution is -0.140. The molecule has 0 aliphatic heterocycles. The third kappa shape index (κ3) is 6.05. The smallest absolute Gasteiger partial charge is 0.327 e. The van der Waals surface area contributed by atoms with Crippen LogP contribution in [0.1, 0.15) is 6.92 Å². The first-order chi connectivity index (χ1) is 6.07. The molecule has 0 aromatic rings. The number of aliphatic carboxylic acids is 1. The fraction of sp³-hybridized carbons (Fsp3) is 0.500. The molecule has 0 aromatic heterocycles. The van der Waals surface area contributed by atoms with Crippen LogP contribution in [0.4, 0.5) is 0 Å². The van der Waals surface area contributed by atoms with Crippen molar-refractivity contribution in [3.63, 3.8) is 0 Å². The van der Waals surface area contributed by atoms with Gasteiger partial charge in [-0.3, -0.25) is 4.79 Å². The molecular formula is C8H11NO3S. The van der Waals surface area contributed by atoms with E-state index in [1.54, 1.807) is 0 Å². The van der Waals surface area contributed by atoms with Crippen LogP contribution in [0, 0.1) is 12.3 Å². The summed E-state index contributed by atoms with van der Waals surface area (Å²) >= 11 is 1.30. The molecule has 4 nitrogen and oxygen atoms in total. The summed E-state index contributed by atoms with van der Waals surface area (Å²) in [6.07, 6.45) is 4.99. The maximum absolute atomic E-state index is 10.6. The number of hydrogen-bond acceptors (Lipinski definition) is 3. The molecular weight excluding hydrogens is 190 g/mol. The van der Waals surface area contributed by atoms with Crippen molar-refractivity contribution in [2.45, 2.75) is 13.0 Å². The molecule has 5 heteroatoms. The van der Waals surface area contributed by atoms with Gasteiger partial charge in [-0.25, -0.2) is 4.79 Å². The Labute approximate surface area is 81.1 Å². The normalized spacial score (nSPS) is 11.4. The van der Waals surface area contributed by atoms with E-state index in [9.17, 15) is 9.59 Å². The number of thioether (sulfide) groups is 1. The zero-order valence-corrected chi connectivity index (χ0v) is 8.06. The summed E-state index contributed by atoms with van der Waals surface area (Å²) in [6, 6.07) is -0.851. The van der Waals surface area contributed by atoms with Gasteiger partial charge in [-0.05, 0) is 0 Å². The van der Waals surface area contributed by atoms with Crippen LogP contribution in [0.5, 0.6) is 0 Å². The summed E-state index contributed by atoms with van der Waals surface area (Å²) in [5, 5.41) is 11.0. The van der Waals surface area contributed by atoms with E-state index in [4.69, 9.17) is 11.5 Å². The number of amides is 1. The van der Waals surface area contributed by atoms with E-state index < -0.39 is 12.0 Å². The molecule has 0 heterocycles. The van der Waals surface area contributed by atoms with Crippen LogP contribution < -0.4 is 5.32 Å². The quantitative estimate of drug-likeness (QED) is 0.483. The second-order valence-corrected chi connectivity index (χ2v) is 3.34. The number of nitrogens with one attached hydrogen (secondary N) is 1. The fourth-order valence-corrected chi connectivity index (χ4v) is 1.35. The van der Waals surface area contributed by atoms with E-state index in [0.717, 1.165) is 0 Å². The third-order valence-corrected chi connectivity index (χ3v) is 2.09. The highest BCUT2D eigenvalue weighted by molar-refractivity contribution is 7.99. The van der Waals surface area contributed by atoms with Crippen LogP contribution in [0.25, 0.3) is 0 Å². The first kappa shape index (κ1) is 11.8. The van der Waals surface area contributed by atoms with Gasteiger partial charge in [-0.15, -0.1) is 18.2 Å². The van der Waals surface area contributed by atoms with Gasteiger partial charge in [0.2, 0.25) is 5.91 Å². The lowest BCUT2D eigenvalue weighted by Gasteiger charge is -2.11. The van der Waals surface area contributed by atoms with Crippen molar-refractivity contribution < 1.29 is 14.7 Å². The van der Waals surface area contributed by atoms with Crippen molar-refractivity contribution in [2.24, 2.45) is 0 Å². The number of hydrogen-bond donors (Lipinski definition) is 2. The lowest BCUT2D eigenvalue weighted by Crippen LogP contribution is -2.41. The SMILES string of the molecule is C#CCSCC(NC(C)=O)C(=O)O. The molecule has 0 aromatic carbocycles. The van der Waals surface area contributed by atoms with Gasteiger partial charge in [0.1, 0.15) is 6.04 Å². The van der Waals surface area contributed by atoms with Crippen molar-refractivity contribution in [2.75, 3.05) is 11.5 Å². The Bertz CT molecular complexity index is 234. The van der Waals surface area contributed by atoms with Gasteiger partial charge >= 0.3 is 5.97 Å². The molecule has 1 unspecified atom stereocenters. The standard InChI is InChI=1S/C8H11NO3S/c1-3-4-13-5-7(8(11)12)9-6(2)10/h1,7H,4-5H2,2H3,(H,9,10)(H,11,12). The molecule has 0 saturated heterocycles. The first-order valence-electron chi connectivity index (χ1n) is 3.59. The Morgan fingerprint density at radius 2 is 2.31 bits per heavy atom. The van der Waals surface area contributed by atoms with Gasteiger partial charge in [-0.1, -0.05) is 5.92 Å². The van der Waals surface area contributed by atoms with Crippen molar-refractivity contribution >= 4 is 23.6 Å². The number of carboxylic acid groups (broad SMARTS) is 1. The minimum Gasteiger partial charge on any atom is -0.480 e. The largest absolute Gasteiger partial charge is 0.480 e. The minimum atomic E-state index is -1.04. The van der Waals surface area contributed by atoms with Crippen LogP contribution in [0.2, 0.25) is 0 Å². The van der Waals surface area contributed by atoms with Crippen LogP contribution >= 0.6 is 11.8 Å². The molecule has 0 bridgehead atoms. The monoisotopic (exact) mass is 201 g/mol. The van der Waals surface area contributed by atoms with Gasteiger partial charge in [0.25, 0.3) is 0 Å². The van der Waals surface area contributed by atoms with Gasteiger partial charge in [0.15, 0.2) is 0 Å². The average molecular weight is 201 g/mol. The summed E-state index contributed by atoms with van der Waals surface area (Å²) < 4.78 is 0. The fourth-order valence-electron chi connectivity index (χ4n) is 0.656. The molecule has 0 radical (unpaired) electrons. The van der Waals surface area contributed by atoms with Crippen LogP contribution in [-0.2, 0) is 9.59 Å². The number of carbonyl (C=O) groups excluding carboxylic acids is 1. The van der Waals surface area contributed by atoms with E-state index in [1.165, 1.54) is 18.7 Å². The Kier molecular flexibility index (Phi) is 5.81. The molecule has 2 N–H and O–H groups in total. The minimum absolute atomic E-state index is 0.291. The predicted octanol–water partition coefficient (Wildman–Crippen LogP) is -0.0579. The average Bonchev–Trinajstić information content (AvgIpc) is 2.02. The van der Waals surface area contributed by atoms with Crippen molar-refractivity contribution in [3.05, 3.63) is 0 Å². The van der Waals surface area contributed by atoms with Gasteiger partial charge in [-0.2, -0.15) is 0 Å². The maximum atomic E-state index is 10.6. The summed E-state index contributed by atoms with van der Waals surface area (Å²) in [6.45, 7) is 1.28. The maximum Gasteiger partial charge on any atom is 0.327 e. The second-order valence-electron chi connectivity index (χ2n) is 2.31. The predicted molar refractivity (Wildman–Crippen MR) is 51.4 cm³/mol. The molecule has 0 aliphatic rings. The third-order valence-electron chi connectivity index (χ3n) is 1.15. The zero-order valence-electron chi connectivity index (χ0n) is 7.24. The molecule has 1 amide bonds. The van der Waals surface area contributed by atoms with E-state index in [2.05, 4.69) is 11.2 Å². The highest BCUT2D eigenvalue weighted by atomic mass is 32.2. The van der Waals surface area contributed by atoms with Gasteiger partial charge in [0.05, 0.1) is 5.75 Å². The molecule has 0 spiro atoms. The molecule has 0 fully saturated rings. The van der Waals surface area contributed by atoms with Crippen LogP contribution in [-0.4, -0.2) is 34.5 Å². The topological polar surface area (TPSA) is 66.4 Å². The summed E-state index contributed by atoms with van der Waals surface area (Å²) in [5.74, 6) is 1.72. The number of rotatable bonds is 5. The molecule has 1 atom stereocenters. The number of carboxylic acids is 1. The Morgan fingerprint density at radius 3 is 2.69 bits per heavy atom. The Morgan fingerprint density at radius 1 is 1.69 bits per heavy atom. The summed E-state index contributed by atoms with van der Waals surface area (Å²) in [4.78, 5) is 21.1. The van der Waals surface area contributed by atoms with Gasteiger partial charge in [0, 0.05) is 12.7 Å². The number of terminal acetylenes is 1. The van der Waals surface area contributed by atoms with Crippen LogP contribution in [0.15, 0.2) is 0 Å².